The molecule has 2 aromatic carbocycles. The number of aryl methyl sites for hydroxylation is 1. The van der Waals surface area contributed by atoms with E-state index in [0.29, 0.717) is 12.8 Å². The van der Waals surface area contributed by atoms with Crippen LogP contribution in [0.4, 0.5) is 5.69 Å². The third-order valence-electron chi connectivity index (χ3n) is 5.88. The molecule has 1 heterocycles. The smallest absolute Gasteiger partial charge is 0.0857 e. The lowest BCUT2D eigenvalue weighted by atomic mass is 9.90. The Morgan fingerprint density at radius 2 is 1.85 bits per heavy atom. The second kappa shape index (κ2) is 7.63. The van der Waals surface area contributed by atoms with Gasteiger partial charge in [-0.3, -0.25) is 0 Å². The fourth-order valence-corrected chi connectivity index (χ4v) is 4.15. The number of hydrogen-bond donors (Lipinski definition) is 3. The molecule has 27 heavy (non-hydrogen) atoms. The van der Waals surface area contributed by atoms with E-state index in [1.807, 2.05) is 13.0 Å². The first-order valence-electron chi connectivity index (χ1n) is 9.95. The highest BCUT2D eigenvalue weighted by Gasteiger charge is 2.30. The Kier molecular flexibility index (Phi) is 5.22. The summed E-state index contributed by atoms with van der Waals surface area (Å²) in [6.07, 6.45) is 3.49. The molecule has 144 valence electrons. The minimum absolute atomic E-state index is 0.0677. The summed E-state index contributed by atoms with van der Waals surface area (Å²) >= 11 is 0. The highest BCUT2D eigenvalue weighted by Crippen LogP contribution is 2.40. The largest absolute Gasteiger partial charge is 0.398 e. The van der Waals surface area contributed by atoms with Gasteiger partial charge in [0.15, 0.2) is 0 Å². The van der Waals surface area contributed by atoms with Crippen molar-refractivity contribution in [3.63, 3.8) is 0 Å². The molecular weight excluding hydrogens is 338 g/mol. The van der Waals surface area contributed by atoms with Crippen molar-refractivity contribution >= 4 is 5.69 Å². The SMILES string of the molecule is Cc1cc(N)c(Cc2ccc(C3CC3)cc2)cc1[C@H]1C[C@@H](O)C[C@@H](CO)O1. The Hall–Kier alpha value is -1.88. The molecule has 0 aromatic heterocycles. The van der Waals surface area contributed by atoms with Crippen LogP contribution in [0.15, 0.2) is 36.4 Å². The quantitative estimate of drug-likeness (QED) is 0.706. The molecule has 2 fully saturated rings. The lowest BCUT2D eigenvalue weighted by molar-refractivity contribution is -0.114. The molecule has 3 atom stereocenters. The zero-order valence-electron chi connectivity index (χ0n) is 15.9. The zero-order valence-corrected chi connectivity index (χ0v) is 15.9. The van der Waals surface area contributed by atoms with Crippen LogP contribution in [-0.2, 0) is 11.2 Å². The van der Waals surface area contributed by atoms with Crippen molar-refractivity contribution in [3.8, 4) is 0 Å². The maximum absolute atomic E-state index is 10.2. The van der Waals surface area contributed by atoms with Gasteiger partial charge in [-0.1, -0.05) is 30.3 Å². The number of anilines is 1. The van der Waals surface area contributed by atoms with Crippen molar-refractivity contribution in [2.24, 2.45) is 0 Å². The minimum atomic E-state index is -0.448. The Morgan fingerprint density at radius 3 is 2.52 bits per heavy atom. The first-order chi connectivity index (χ1) is 13.0. The van der Waals surface area contributed by atoms with Crippen LogP contribution in [0.25, 0.3) is 0 Å². The summed E-state index contributed by atoms with van der Waals surface area (Å²) in [5.41, 5.74) is 13.0. The van der Waals surface area contributed by atoms with Crippen molar-refractivity contribution in [1.82, 2.24) is 0 Å². The van der Waals surface area contributed by atoms with Gasteiger partial charge >= 0.3 is 0 Å². The van der Waals surface area contributed by atoms with E-state index in [2.05, 4.69) is 30.3 Å². The van der Waals surface area contributed by atoms with Gasteiger partial charge in [-0.25, -0.2) is 0 Å². The predicted molar refractivity (Wildman–Crippen MR) is 107 cm³/mol. The Bertz CT molecular complexity index is 798. The predicted octanol–water partition coefficient (Wildman–Crippen LogP) is 3.62. The van der Waals surface area contributed by atoms with Crippen molar-refractivity contribution < 1.29 is 14.9 Å². The zero-order chi connectivity index (χ0) is 19.0. The molecule has 1 aliphatic heterocycles. The van der Waals surface area contributed by atoms with E-state index in [1.165, 1.54) is 24.0 Å². The Labute approximate surface area is 161 Å². The maximum Gasteiger partial charge on any atom is 0.0857 e. The van der Waals surface area contributed by atoms with Crippen LogP contribution < -0.4 is 5.73 Å². The Morgan fingerprint density at radius 1 is 1.11 bits per heavy atom. The molecule has 0 bridgehead atoms. The van der Waals surface area contributed by atoms with Gasteiger partial charge < -0.3 is 20.7 Å². The van der Waals surface area contributed by atoms with E-state index in [-0.39, 0.29) is 18.8 Å². The van der Waals surface area contributed by atoms with Crippen LogP contribution in [0, 0.1) is 6.92 Å². The maximum atomic E-state index is 10.2. The lowest BCUT2D eigenvalue weighted by Crippen LogP contribution is -2.33. The summed E-state index contributed by atoms with van der Waals surface area (Å²) in [4.78, 5) is 0. The lowest BCUT2D eigenvalue weighted by Gasteiger charge is -2.33. The molecule has 2 aromatic rings. The topological polar surface area (TPSA) is 75.7 Å². The molecule has 1 saturated carbocycles. The standard InChI is InChI=1S/C23H29NO3/c1-14-8-22(24)18(9-15-2-4-16(5-3-15)17-6-7-17)10-21(14)23-12-19(26)11-20(13-25)27-23/h2-5,8,10,17,19-20,23,25-26H,6-7,9,11-13,24H2,1H3/t19-,20-,23+/m0/s1. The van der Waals surface area contributed by atoms with Crippen LogP contribution in [0.3, 0.4) is 0 Å². The van der Waals surface area contributed by atoms with Crippen LogP contribution in [-0.4, -0.2) is 29.0 Å². The molecule has 4 heteroatoms. The third-order valence-corrected chi connectivity index (χ3v) is 5.88. The molecule has 2 aliphatic rings. The van der Waals surface area contributed by atoms with Gasteiger partial charge in [0.1, 0.15) is 0 Å². The summed E-state index contributed by atoms with van der Waals surface area (Å²) in [7, 11) is 0. The molecule has 0 amide bonds. The molecule has 0 radical (unpaired) electrons. The van der Waals surface area contributed by atoms with Gasteiger partial charge in [0, 0.05) is 18.5 Å². The van der Waals surface area contributed by atoms with E-state index < -0.39 is 6.10 Å². The second-order valence-corrected chi connectivity index (χ2v) is 8.15. The summed E-state index contributed by atoms with van der Waals surface area (Å²) in [5.74, 6) is 0.768. The molecular formula is C23H29NO3. The van der Waals surface area contributed by atoms with Crippen LogP contribution >= 0.6 is 0 Å². The van der Waals surface area contributed by atoms with Crippen molar-refractivity contribution in [3.05, 3.63) is 64.2 Å². The first-order valence-corrected chi connectivity index (χ1v) is 9.95. The molecule has 0 spiro atoms. The van der Waals surface area contributed by atoms with Crippen LogP contribution in [0.5, 0.6) is 0 Å². The molecule has 4 nitrogen and oxygen atoms in total. The summed E-state index contributed by atoms with van der Waals surface area (Å²) in [6, 6.07) is 13.0. The minimum Gasteiger partial charge on any atom is -0.398 e. The highest BCUT2D eigenvalue weighted by atomic mass is 16.5. The molecule has 1 aliphatic carbocycles. The number of ether oxygens (including phenoxy) is 1. The Balaban J connectivity index is 1.57. The van der Waals surface area contributed by atoms with Crippen molar-refractivity contribution in [2.45, 2.75) is 63.3 Å². The average Bonchev–Trinajstić information content (AvgIpc) is 3.49. The number of rotatable bonds is 5. The van der Waals surface area contributed by atoms with E-state index in [9.17, 15) is 10.2 Å². The first kappa shape index (κ1) is 18.5. The monoisotopic (exact) mass is 367 g/mol. The number of benzene rings is 2. The van der Waals surface area contributed by atoms with Crippen molar-refractivity contribution in [1.29, 1.82) is 0 Å². The van der Waals surface area contributed by atoms with E-state index >= 15 is 0 Å². The van der Waals surface area contributed by atoms with Gasteiger partial charge in [-0.15, -0.1) is 0 Å². The van der Waals surface area contributed by atoms with Gasteiger partial charge in [0.05, 0.1) is 24.9 Å². The summed E-state index contributed by atoms with van der Waals surface area (Å²) in [5, 5.41) is 19.6. The molecule has 4 N–H and O–H groups in total. The molecule has 1 saturated heterocycles. The number of aliphatic hydroxyl groups excluding tert-OH is 2. The third kappa shape index (κ3) is 4.18. The van der Waals surface area contributed by atoms with E-state index in [1.54, 1.807) is 0 Å². The average molecular weight is 367 g/mol. The van der Waals surface area contributed by atoms with Crippen LogP contribution in [0.2, 0.25) is 0 Å². The fourth-order valence-electron chi connectivity index (χ4n) is 4.15. The van der Waals surface area contributed by atoms with E-state index in [0.717, 1.165) is 34.7 Å². The van der Waals surface area contributed by atoms with Gasteiger partial charge in [-0.2, -0.15) is 0 Å². The number of nitrogen functional groups attached to an aromatic ring is 1. The molecule has 0 unspecified atom stereocenters. The summed E-state index contributed by atoms with van der Waals surface area (Å²) in [6.45, 7) is 1.96. The summed E-state index contributed by atoms with van der Waals surface area (Å²) < 4.78 is 6.02. The highest BCUT2D eigenvalue weighted by molar-refractivity contribution is 5.54. The second-order valence-electron chi connectivity index (χ2n) is 8.15. The number of aliphatic hydroxyl groups is 2. The van der Waals surface area contributed by atoms with Crippen LogP contribution in [0.1, 0.15) is 65.5 Å². The normalized spacial score (nSPS) is 25.5. The molecule has 4 rings (SSSR count). The van der Waals surface area contributed by atoms with Gasteiger partial charge in [0.2, 0.25) is 0 Å². The van der Waals surface area contributed by atoms with Gasteiger partial charge in [0.25, 0.3) is 0 Å². The number of hydrogen-bond acceptors (Lipinski definition) is 4. The number of nitrogens with two attached hydrogens (primary N) is 1. The van der Waals surface area contributed by atoms with E-state index in [4.69, 9.17) is 10.5 Å². The van der Waals surface area contributed by atoms with Gasteiger partial charge in [-0.05, 0) is 66.0 Å². The van der Waals surface area contributed by atoms with Crippen molar-refractivity contribution in [2.75, 3.05) is 12.3 Å². The fraction of sp³-hybridized carbons (Fsp3) is 0.478.